The van der Waals surface area contributed by atoms with Crippen LogP contribution in [0.4, 0.5) is 10.2 Å². The number of benzene rings is 1. The fourth-order valence-electron chi connectivity index (χ4n) is 4.13. The molecule has 0 aliphatic heterocycles. The second-order valence-electron chi connectivity index (χ2n) is 8.39. The maximum absolute atomic E-state index is 13.6. The molecule has 0 aliphatic rings. The fraction of sp³-hybridized carbons (Fsp3) is 0.192. The van der Waals surface area contributed by atoms with Crippen molar-refractivity contribution in [3.05, 3.63) is 84.2 Å². The minimum Gasteiger partial charge on any atom is -0.305 e. The standard InChI is InChI=1S/C26H24FN7O/c1-4-16(2)25-23(24(32-33(25)3)17-5-7-19(27)8-6-17)20-9-10-22-29-21(15-34(22)31-20)30-26(35)18-11-13-28-14-12-18/h5-16H,4H2,1-3H3,(H,30,35). The number of aromatic nitrogens is 6. The summed E-state index contributed by atoms with van der Waals surface area (Å²) in [6, 6.07) is 13.3. The van der Waals surface area contributed by atoms with E-state index in [4.69, 9.17) is 10.2 Å². The van der Waals surface area contributed by atoms with Gasteiger partial charge in [0.1, 0.15) is 11.5 Å². The van der Waals surface area contributed by atoms with Crippen LogP contribution in [0.15, 0.2) is 67.1 Å². The van der Waals surface area contributed by atoms with Crippen molar-refractivity contribution in [2.24, 2.45) is 7.05 Å². The molecule has 5 aromatic rings. The summed E-state index contributed by atoms with van der Waals surface area (Å²) >= 11 is 0. The molecule has 9 heteroatoms. The zero-order chi connectivity index (χ0) is 24.5. The Bertz CT molecular complexity index is 1510. The van der Waals surface area contributed by atoms with Gasteiger partial charge in [-0.25, -0.2) is 13.9 Å². The number of nitrogens with one attached hydrogen (secondary N) is 1. The van der Waals surface area contributed by atoms with Gasteiger partial charge in [-0.1, -0.05) is 13.8 Å². The third-order valence-electron chi connectivity index (χ3n) is 6.05. The number of nitrogens with zero attached hydrogens (tertiary/aromatic N) is 6. The molecule has 0 bridgehead atoms. The van der Waals surface area contributed by atoms with E-state index in [-0.39, 0.29) is 17.6 Å². The minimum absolute atomic E-state index is 0.229. The van der Waals surface area contributed by atoms with E-state index in [1.807, 2.05) is 23.9 Å². The Labute approximate surface area is 201 Å². The summed E-state index contributed by atoms with van der Waals surface area (Å²) < 4.78 is 17.1. The monoisotopic (exact) mass is 469 g/mol. The Kier molecular flexibility index (Phi) is 5.82. The van der Waals surface area contributed by atoms with E-state index in [9.17, 15) is 9.18 Å². The second-order valence-corrected chi connectivity index (χ2v) is 8.39. The Morgan fingerprint density at radius 3 is 2.51 bits per heavy atom. The van der Waals surface area contributed by atoms with Gasteiger partial charge < -0.3 is 5.32 Å². The molecular formula is C26H24FN7O. The van der Waals surface area contributed by atoms with Gasteiger partial charge in [0.05, 0.1) is 23.1 Å². The van der Waals surface area contributed by atoms with Gasteiger partial charge in [-0.2, -0.15) is 10.2 Å². The van der Waals surface area contributed by atoms with Crippen LogP contribution in [0.1, 0.15) is 42.2 Å². The number of halogens is 1. The summed E-state index contributed by atoms with van der Waals surface area (Å²) in [5, 5.41) is 12.4. The van der Waals surface area contributed by atoms with Crippen LogP contribution < -0.4 is 5.32 Å². The number of fused-ring (bicyclic) bond motifs is 1. The molecule has 0 radical (unpaired) electrons. The smallest absolute Gasteiger partial charge is 0.256 e. The maximum Gasteiger partial charge on any atom is 0.256 e. The predicted molar refractivity (Wildman–Crippen MR) is 131 cm³/mol. The lowest BCUT2D eigenvalue weighted by atomic mass is 9.95. The van der Waals surface area contributed by atoms with Crippen molar-refractivity contribution < 1.29 is 9.18 Å². The van der Waals surface area contributed by atoms with Gasteiger partial charge in [-0.05, 0) is 60.9 Å². The largest absolute Gasteiger partial charge is 0.305 e. The van der Waals surface area contributed by atoms with Crippen LogP contribution >= 0.6 is 0 Å². The zero-order valence-electron chi connectivity index (χ0n) is 19.6. The zero-order valence-corrected chi connectivity index (χ0v) is 19.6. The molecule has 5 rings (SSSR count). The van der Waals surface area contributed by atoms with Crippen LogP contribution in [-0.4, -0.2) is 35.3 Å². The van der Waals surface area contributed by atoms with E-state index >= 15 is 0 Å². The Balaban J connectivity index is 1.58. The molecular weight excluding hydrogens is 445 g/mol. The molecule has 1 amide bonds. The van der Waals surface area contributed by atoms with Crippen molar-refractivity contribution in [1.82, 2.24) is 29.4 Å². The van der Waals surface area contributed by atoms with Crippen LogP contribution in [0.3, 0.4) is 0 Å². The molecule has 0 aliphatic carbocycles. The van der Waals surface area contributed by atoms with Crippen molar-refractivity contribution >= 4 is 17.4 Å². The Hall–Kier alpha value is -4.40. The lowest BCUT2D eigenvalue weighted by Gasteiger charge is -2.13. The molecule has 8 nitrogen and oxygen atoms in total. The number of imidazole rings is 1. The van der Waals surface area contributed by atoms with Crippen molar-refractivity contribution in [1.29, 1.82) is 0 Å². The molecule has 176 valence electrons. The summed E-state index contributed by atoms with van der Waals surface area (Å²) in [6.45, 7) is 4.28. The average Bonchev–Trinajstić information content (AvgIpc) is 3.44. The first-order valence-electron chi connectivity index (χ1n) is 11.4. The van der Waals surface area contributed by atoms with E-state index in [0.29, 0.717) is 22.7 Å². The highest BCUT2D eigenvalue weighted by Crippen LogP contribution is 2.37. The van der Waals surface area contributed by atoms with E-state index in [0.717, 1.165) is 28.9 Å². The summed E-state index contributed by atoms with van der Waals surface area (Å²) in [5.74, 6) is 0.0457. The predicted octanol–water partition coefficient (Wildman–Crippen LogP) is 5.10. The van der Waals surface area contributed by atoms with Crippen LogP contribution in [0, 0.1) is 5.82 Å². The Morgan fingerprint density at radius 2 is 1.80 bits per heavy atom. The molecule has 0 saturated carbocycles. The van der Waals surface area contributed by atoms with E-state index < -0.39 is 0 Å². The van der Waals surface area contributed by atoms with Crippen LogP contribution in [0.2, 0.25) is 0 Å². The SMILES string of the molecule is CCC(C)c1c(-c2ccc3nc(NC(=O)c4ccncc4)cn3n2)c(-c2ccc(F)cc2)nn1C. The summed E-state index contributed by atoms with van der Waals surface area (Å²) in [7, 11) is 1.92. The number of carbonyl (C=O) groups is 1. The molecule has 4 heterocycles. The van der Waals surface area contributed by atoms with Gasteiger partial charge in [0, 0.05) is 30.6 Å². The molecule has 0 spiro atoms. The first kappa shape index (κ1) is 22.4. The first-order chi connectivity index (χ1) is 16.9. The highest BCUT2D eigenvalue weighted by molar-refractivity contribution is 6.03. The van der Waals surface area contributed by atoms with Crippen molar-refractivity contribution in [2.45, 2.75) is 26.2 Å². The van der Waals surface area contributed by atoms with Crippen molar-refractivity contribution in [3.63, 3.8) is 0 Å². The molecule has 4 aromatic heterocycles. The number of amides is 1. The third kappa shape index (κ3) is 4.28. The van der Waals surface area contributed by atoms with Crippen LogP contribution in [-0.2, 0) is 7.05 Å². The number of aryl methyl sites for hydroxylation is 1. The van der Waals surface area contributed by atoms with Gasteiger partial charge in [-0.3, -0.25) is 14.5 Å². The van der Waals surface area contributed by atoms with Gasteiger partial charge in [0.2, 0.25) is 0 Å². The summed E-state index contributed by atoms with van der Waals surface area (Å²) in [6.07, 6.45) is 5.73. The van der Waals surface area contributed by atoms with Crippen LogP contribution in [0.5, 0.6) is 0 Å². The van der Waals surface area contributed by atoms with Gasteiger partial charge in [0.15, 0.2) is 11.5 Å². The van der Waals surface area contributed by atoms with E-state index in [2.05, 4.69) is 29.1 Å². The maximum atomic E-state index is 13.6. The highest BCUT2D eigenvalue weighted by atomic mass is 19.1. The lowest BCUT2D eigenvalue weighted by molar-refractivity contribution is 0.102. The minimum atomic E-state index is -0.298. The van der Waals surface area contributed by atoms with E-state index in [1.165, 1.54) is 12.1 Å². The van der Waals surface area contributed by atoms with Gasteiger partial charge in [-0.15, -0.1) is 0 Å². The highest BCUT2D eigenvalue weighted by Gasteiger charge is 2.24. The second kappa shape index (κ2) is 9.09. The average molecular weight is 470 g/mol. The Morgan fingerprint density at radius 1 is 1.06 bits per heavy atom. The summed E-state index contributed by atoms with van der Waals surface area (Å²) in [4.78, 5) is 20.9. The van der Waals surface area contributed by atoms with E-state index in [1.54, 1.807) is 47.4 Å². The number of hydrogen-bond donors (Lipinski definition) is 1. The number of pyridine rings is 1. The van der Waals surface area contributed by atoms with Gasteiger partial charge >= 0.3 is 0 Å². The van der Waals surface area contributed by atoms with Crippen molar-refractivity contribution in [2.75, 3.05) is 5.32 Å². The molecule has 0 saturated heterocycles. The normalized spacial score (nSPS) is 12.1. The molecule has 0 fully saturated rings. The first-order valence-corrected chi connectivity index (χ1v) is 11.4. The summed E-state index contributed by atoms with van der Waals surface area (Å²) in [5.41, 5.74) is 5.28. The lowest BCUT2D eigenvalue weighted by Crippen LogP contribution is -2.11. The number of carbonyl (C=O) groups excluding carboxylic acids is 1. The van der Waals surface area contributed by atoms with Crippen molar-refractivity contribution in [3.8, 4) is 22.5 Å². The fourth-order valence-corrected chi connectivity index (χ4v) is 4.13. The number of anilines is 1. The topological polar surface area (TPSA) is 90.0 Å². The number of rotatable bonds is 6. The molecule has 1 unspecified atom stereocenters. The molecule has 1 atom stereocenters. The third-order valence-corrected chi connectivity index (χ3v) is 6.05. The number of hydrogen-bond acceptors (Lipinski definition) is 5. The quantitative estimate of drug-likeness (QED) is 0.374. The molecule has 1 N–H and O–H groups in total. The van der Waals surface area contributed by atoms with Crippen LogP contribution in [0.25, 0.3) is 28.2 Å². The van der Waals surface area contributed by atoms with Gasteiger partial charge in [0.25, 0.3) is 5.91 Å². The molecule has 35 heavy (non-hydrogen) atoms. The molecule has 1 aromatic carbocycles.